The summed E-state index contributed by atoms with van der Waals surface area (Å²) in [6.07, 6.45) is -4.12. The number of alkyl halides is 5. The lowest BCUT2D eigenvalue weighted by atomic mass is 9.87. The molecule has 4 N–H and O–H groups in total. The molecule has 4 rings (SSSR count). The zero-order chi connectivity index (χ0) is 22.4. The standard InChI is InChI=1S/C19H18F5N5OS/c20-18(21)8-1-2-11(15(18)25)26-14-6-4-10-3-5-13(29(10)28-14)17(30)27-12-7-9-31-16(12)19(22,23)24/h3-7,9,11,15H,1-2,8,25H2,(H,26,28)(H,27,30)/t11-,15-/m1/s1. The van der Waals surface area contributed by atoms with Gasteiger partial charge in [0.2, 0.25) is 0 Å². The molecule has 1 saturated carbocycles. The average molecular weight is 459 g/mol. The molecule has 0 radical (unpaired) electrons. The Hall–Kier alpha value is -2.73. The van der Waals surface area contributed by atoms with Crippen LogP contribution in [0.1, 0.15) is 34.6 Å². The summed E-state index contributed by atoms with van der Waals surface area (Å²) in [7, 11) is 0. The van der Waals surface area contributed by atoms with Crippen LogP contribution >= 0.6 is 11.3 Å². The van der Waals surface area contributed by atoms with Gasteiger partial charge in [-0.1, -0.05) is 0 Å². The molecule has 0 unspecified atom stereocenters. The van der Waals surface area contributed by atoms with E-state index in [4.69, 9.17) is 5.73 Å². The molecule has 1 amide bonds. The van der Waals surface area contributed by atoms with Crippen LogP contribution in [0.5, 0.6) is 0 Å². The molecular weight excluding hydrogens is 441 g/mol. The van der Waals surface area contributed by atoms with Crippen LogP contribution in [0, 0.1) is 0 Å². The Bertz CT molecular complexity index is 1110. The zero-order valence-corrected chi connectivity index (χ0v) is 16.7. The quantitative estimate of drug-likeness (QED) is 0.498. The maximum atomic E-state index is 13.9. The van der Waals surface area contributed by atoms with Gasteiger partial charge in [0.05, 0.1) is 17.2 Å². The van der Waals surface area contributed by atoms with Crippen molar-refractivity contribution in [1.29, 1.82) is 0 Å². The number of amides is 1. The Morgan fingerprint density at radius 2 is 1.97 bits per heavy atom. The van der Waals surface area contributed by atoms with Crippen molar-refractivity contribution in [3.63, 3.8) is 0 Å². The third-order valence-electron chi connectivity index (χ3n) is 5.19. The predicted molar refractivity (Wildman–Crippen MR) is 107 cm³/mol. The van der Waals surface area contributed by atoms with Crippen LogP contribution in [0.3, 0.4) is 0 Å². The lowest BCUT2D eigenvalue weighted by Crippen LogP contribution is -2.55. The number of carbonyl (C=O) groups excluding carboxylic acids is 1. The van der Waals surface area contributed by atoms with Gasteiger partial charge < -0.3 is 16.4 Å². The normalized spacial score (nSPS) is 21.2. The smallest absolute Gasteiger partial charge is 0.364 e. The monoisotopic (exact) mass is 459 g/mol. The lowest BCUT2D eigenvalue weighted by Gasteiger charge is -2.36. The summed E-state index contributed by atoms with van der Waals surface area (Å²) in [5, 5.41) is 10.6. The summed E-state index contributed by atoms with van der Waals surface area (Å²) in [5.74, 6) is -3.55. The number of rotatable bonds is 4. The fraction of sp³-hybridized carbons (Fsp3) is 0.368. The lowest BCUT2D eigenvalue weighted by molar-refractivity contribution is -0.133. The van der Waals surface area contributed by atoms with Crippen LogP contribution in [-0.2, 0) is 6.18 Å². The molecule has 1 fully saturated rings. The maximum absolute atomic E-state index is 13.9. The number of nitrogens with zero attached hydrogens (tertiary/aromatic N) is 2. The molecule has 0 aromatic carbocycles. The molecule has 3 heterocycles. The predicted octanol–water partition coefficient (Wildman–Crippen LogP) is 4.59. The van der Waals surface area contributed by atoms with Crippen LogP contribution in [0.2, 0.25) is 0 Å². The van der Waals surface area contributed by atoms with Crippen LogP contribution in [0.25, 0.3) is 5.52 Å². The Morgan fingerprint density at radius 3 is 2.71 bits per heavy atom. The van der Waals surface area contributed by atoms with E-state index in [1.165, 1.54) is 22.0 Å². The number of nitrogens with two attached hydrogens (primary N) is 1. The van der Waals surface area contributed by atoms with Gasteiger partial charge in [-0.05, 0) is 48.6 Å². The molecule has 2 atom stereocenters. The summed E-state index contributed by atoms with van der Waals surface area (Å²) in [6.45, 7) is 0. The van der Waals surface area contributed by atoms with Crippen molar-refractivity contribution in [3.8, 4) is 0 Å². The minimum absolute atomic E-state index is 0.00348. The van der Waals surface area contributed by atoms with Crippen molar-refractivity contribution < 1.29 is 26.7 Å². The van der Waals surface area contributed by atoms with Crippen molar-refractivity contribution in [1.82, 2.24) is 9.61 Å². The average Bonchev–Trinajstić information content (AvgIpc) is 3.31. The van der Waals surface area contributed by atoms with E-state index < -0.39 is 35.0 Å². The van der Waals surface area contributed by atoms with Gasteiger partial charge in [-0.25, -0.2) is 13.3 Å². The molecule has 31 heavy (non-hydrogen) atoms. The van der Waals surface area contributed by atoms with Crippen molar-refractivity contribution in [3.05, 3.63) is 46.3 Å². The Labute approximate surface area is 177 Å². The molecular formula is C19H18F5N5OS. The molecule has 0 aliphatic heterocycles. The van der Waals surface area contributed by atoms with E-state index in [1.807, 2.05) is 0 Å². The SMILES string of the molecule is N[C@@H]1[C@H](Nc2ccc3ccc(C(=O)Nc4ccsc4C(F)(F)F)n3n2)CCCC1(F)F. The van der Waals surface area contributed by atoms with Gasteiger partial charge >= 0.3 is 6.18 Å². The number of anilines is 2. The first-order valence-corrected chi connectivity index (χ1v) is 10.3. The van der Waals surface area contributed by atoms with E-state index >= 15 is 0 Å². The van der Waals surface area contributed by atoms with E-state index in [0.717, 1.165) is 0 Å². The second kappa shape index (κ2) is 7.75. The fourth-order valence-electron chi connectivity index (χ4n) is 3.60. The van der Waals surface area contributed by atoms with E-state index in [0.29, 0.717) is 29.7 Å². The number of hydrogen-bond donors (Lipinski definition) is 3. The third-order valence-corrected chi connectivity index (χ3v) is 6.15. The number of aromatic nitrogens is 2. The molecule has 166 valence electrons. The largest absolute Gasteiger partial charge is 0.427 e. The highest BCUT2D eigenvalue weighted by molar-refractivity contribution is 7.10. The molecule has 12 heteroatoms. The second-order valence-electron chi connectivity index (χ2n) is 7.32. The summed E-state index contributed by atoms with van der Waals surface area (Å²) >= 11 is 0.476. The van der Waals surface area contributed by atoms with Crippen molar-refractivity contribution >= 4 is 34.3 Å². The van der Waals surface area contributed by atoms with Gasteiger partial charge in [0.25, 0.3) is 11.8 Å². The fourth-order valence-corrected chi connectivity index (χ4v) is 4.32. The molecule has 3 aromatic heterocycles. The second-order valence-corrected chi connectivity index (χ2v) is 8.24. The van der Waals surface area contributed by atoms with E-state index in [9.17, 15) is 26.7 Å². The highest BCUT2D eigenvalue weighted by atomic mass is 32.1. The molecule has 6 nitrogen and oxygen atoms in total. The first-order chi connectivity index (χ1) is 14.6. The highest BCUT2D eigenvalue weighted by Crippen LogP contribution is 2.39. The van der Waals surface area contributed by atoms with Gasteiger partial charge in [-0.15, -0.1) is 16.4 Å². The Balaban J connectivity index is 1.58. The van der Waals surface area contributed by atoms with Crippen LogP contribution in [0.4, 0.5) is 33.5 Å². The van der Waals surface area contributed by atoms with Crippen molar-refractivity contribution in [2.45, 2.75) is 43.4 Å². The summed E-state index contributed by atoms with van der Waals surface area (Å²) in [6, 6.07) is 5.26. The summed E-state index contributed by atoms with van der Waals surface area (Å²) in [5.41, 5.74) is 5.86. The van der Waals surface area contributed by atoms with Gasteiger partial charge in [-0.3, -0.25) is 4.79 Å². The highest BCUT2D eigenvalue weighted by Gasteiger charge is 2.44. The number of hydrogen-bond acceptors (Lipinski definition) is 5. The van der Waals surface area contributed by atoms with Gasteiger partial charge in [-0.2, -0.15) is 13.2 Å². The number of halogens is 5. The molecule has 0 bridgehead atoms. The minimum Gasteiger partial charge on any atom is -0.364 e. The van der Waals surface area contributed by atoms with Gasteiger partial charge in [0, 0.05) is 12.5 Å². The number of nitrogens with one attached hydrogen (secondary N) is 2. The summed E-state index contributed by atoms with van der Waals surface area (Å²) < 4.78 is 68.2. The molecule has 0 saturated heterocycles. The summed E-state index contributed by atoms with van der Waals surface area (Å²) in [4.78, 5) is 11.7. The first-order valence-electron chi connectivity index (χ1n) is 9.41. The maximum Gasteiger partial charge on any atom is 0.427 e. The molecule has 1 aliphatic rings. The Morgan fingerprint density at radius 1 is 1.23 bits per heavy atom. The van der Waals surface area contributed by atoms with Gasteiger partial charge in [0.15, 0.2) is 0 Å². The Kier molecular flexibility index (Phi) is 5.38. The molecule has 3 aromatic rings. The zero-order valence-electron chi connectivity index (χ0n) is 15.9. The van der Waals surface area contributed by atoms with Crippen molar-refractivity contribution in [2.75, 3.05) is 10.6 Å². The van der Waals surface area contributed by atoms with E-state index in [-0.39, 0.29) is 23.6 Å². The molecule has 0 spiro atoms. The van der Waals surface area contributed by atoms with E-state index in [1.54, 1.807) is 18.2 Å². The minimum atomic E-state index is -4.59. The van der Waals surface area contributed by atoms with Crippen LogP contribution < -0.4 is 16.4 Å². The number of thiophene rings is 1. The van der Waals surface area contributed by atoms with Crippen LogP contribution in [-0.4, -0.2) is 33.5 Å². The van der Waals surface area contributed by atoms with Crippen LogP contribution in [0.15, 0.2) is 35.7 Å². The van der Waals surface area contributed by atoms with Gasteiger partial charge in [0.1, 0.15) is 16.4 Å². The van der Waals surface area contributed by atoms with Crippen molar-refractivity contribution in [2.24, 2.45) is 5.73 Å². The van der Waals surface area contributed by atoms with E-state index in [2.05, 4.69) is 15.7 Å². The first kappa shape index (κ1) is 21.5. The number of carbonyl (C=O) groups is 1. The third kappa shape index (κ3) is 4.22. The number of fused-ring (bicyclic) bond motifs is 1. The topological polar surface area (TPSA) is 84.4 Å². The molecule has 1 aliphatic carbocycles.